The molecule has 5 nitrogen and oxygen atoms in total. The zero-order valence-electron chi connectivity index (χ0n) is 15.6. The third kappa shape index (κ3) is 3.37. The fourth-order valence-electron chi connectivity index (χ4n) is 3.42. The molecule has 0 bridgehead atoms. The summed E-state index contributed by atoms with van der Waals surface area (Å²) in [6.07, 6.45) is 1.68. The first-order chi connectivity index (χ1) is 13.5. The first-order valence-corrected chi connectivity index (χ1v) is 9.34. The molecule has 0 aliphatic heterocycles. The van der Waals surface area contributed by atoms with E-state index in [1.807, 2.05) is 68.4 Å². The van der Waals surface area contributed by atoms with Crippen LogP contribution < -0.4 is 5.43 Å². The van der Waals surface area contributed by atoms with E-state index in [0.29, 0.717) is 0 Å². The van der Waals surface area contributed by atoms with E-state index in [4.69, 9.17) is 11.6 Å². The Bertz CT molecular complexity index is 1170. The van der Waals surface area contributed by atoms with Gasteiger partial charge in [-0.15, -0.1) is 0 Å². The summed E-state index contributed by atoms with van der Waals surface area (Å²) in [5.41, 5.74) is 5.33. The molecule has 0 atom stereocenters. The predicted molar refractivity (Wildman–Crippen MR) is 114 cm³/mol. The van der Waals surface area contributed by atoms with Gasteiger partial charge in [-0.05, 0) is 30.7 Å². The Balaban J connectivity index is 1.66. The highest BCUT2D eigenvalue weighted by atomic mass is 35.5. The van der Waals surface area contributed by atoms with Crippen molar-refractivity contribution < 1.29 is 4.79 Å². The fourth-order valence-corrected chi connectivity index (χ4v) is 3.75. The molecule has 28 heavy (non-hydrogen) atoms. The molecule has 1 amide bonds. The number of nitrogens with zero attached hydrogens (tertiary/aromatic N) is 3. The second kappa shape index (κ2) is 7.44. The van der Waals surface area contributed by atoms with Gasteiger partial charge in [-0.25, -0.2) is 5.43 Å². The molecule has 0 unspecified atom stereocenters. The van der Waals surface area contributed by atoms with E-state index < -0.39 is 0 Å². The summed E-state index contributed by atoms with van der Waals surface area (Å²) in [4.78, 5) is 12.2. The number of amides is 1. The van der Waals surface area contributed by atoms with Crippen molar-refractivity contribution in [2.75, 3.05) is 0 Å². The van der Waals surface area contributed by atoms with E-state index in [0.717, 1.165) is 43.5 Å². The van der Waals surface area contributed by atoms with Gasteiger partial charge in [-0.2, -0.15) is 10.2 Å². The van der Waals surface area contributed by atoms with Crippen molar-refractivity contribution in [3.05, 3.63) is 76.6 Å². The third-order valence-electron chi connectivity index (χ3n) is 4.69. The number of carbonyl (C=O) groups is 1. The zero-order chi connectivity index (χ0) is 19.7. The van der Waals surface area contributed by atoms with Crippen molar-refractivity contribution in [3.63, 3.8) is 0 Å². The Morgan fingerprint density at radius 1 is 1.07 bits per heavy atom. The van der Waals surface area contributed by atoms with Crippen molar-refractivity contribution in [3.8, 4) is 0 Å². The second-order valence-electron chi connectivity index (χ2n) is 6.70. The lowest BCUT2D eigenvalue weighted by molar-refractivity contribution is -0.121. The Kier molecular flexibility index (Phi) is 4.84. The lowest BCUT2D eigenvalue weighted by Gasteiger charge is -2.10. The van der Waals surface area contributed by atoms with Gasteiger partial charge in [-0.3, -0.25) is 9.48 Å². The van der Waals surface area contributed by atoms with Crippen LogP contribution in [0.15, 0.2) is 59.7 Å². The summed E-state index contributed by atoms with van der Waals surface area (Å²) in [6.45, 7) is 3.94. The highest BCUT2D eigenvalue weighted by Crippen LogP contribution is 2.35. The number of fused-ring (bicyclic) bond motifs is 2. The number of hydrogen-bond acceptors (Lipinski definition) is 3. The summed E-state index contributed by atoms with van der Waals surface area (Å²) in [6, 6.07) is 17.8. The van der Waals surface area contributed by atoms with Gasteiger partial charge in [0.1, 0.15) is 6.54 Å². The third-order valence-corrected chi connectivity index (χ3v) is 5.09. The van der Waals surface area contributed by atoms with Gasteiger partial charge in [0.15, 0.2) is 0 Å². The summed E-state index contributed by atoms with van der Waals surface area (Å²) in [5.74, 6) is -0.231. The molecule has 1 N–H and O–H groups in total. The first kappa shape index (κ1) is 18.2. The number of hydrazone groups is 1. The van der Waals surface area contributed by atoms with E-state index in [1.165, 1.54) is 0 Å². The second-order valence-corrected chi connectivity index (χ2v) is 7.07. The predicted octanol–water partition coefficient (Wildman–Crippen LogP) is 4.61. The van der Waals surface area contributed by atoms with Gasteiger partial charge in [0.2, 0.25) is 0 Å². The Morgan fingerprint density at radius 2 is 1.64 bits per heavy atom. The van der Waals surface area contributed by atoms with Crippen LogP contribution in [0.3, 0.4) is 0 Å². The highest BCUT2D eigenvalue weighted by Gasteiger charge is 2.11. The van der Waals surface area contributed by atoms with Gasteiger partial charge < -0.3 is 0 Å². The average molecular weight is 391 g/mol. The standard InChI is InChI=1S/C22H19ClN4O/c1-14-11-15(2)27(26-14)13-21(28)25-24-12-20-16-7-3-5-9-18(16)22(23)19-10-6-4-8-17(19)20/h3-12H,13H2,1-2H3,(H,25,28)/b24-12+. The number of rotatable bonds is 4. The van der Waals surface area contributed by atoms with Crippen molar-refractivity contribution >= 4 is 45.3 Å². The maximum Gasteiger partial charge on any atom is 0.261 e. The lowest BCUT2D eigenvalue weighted by atomic mass is 9.97. The molecule has 0 spiro atoms. The van der Waals surface area contributed by atoms with Crippen LogP contribution in [0.25, 0.3) is 21.5 Å². The largest absolute Gasteiger partial charge is 0.271 e. The van der Waals surface area contributed by atoms with Crippen LogP contribution in [0.1, 0.15) is 17.0 Å². The number of halogens is 1. The number of carbonyl (C=O) groups excluding carboxylic acids is 1. The Morgan fingerprint density at radius 3 is 2.18 bits per heavy atom. The van der Waals surface area contributed by atoms with Crippen molar-refractivity contribution in [2.24, 2.45) is 5.10 Å². The van der Waals surface area contributed by atoms with Gasteiger partial charge in [0.25, 0.3) is 5.91 Å². The van der Waals surface area contributed by atoms with Crippen LogP contribution in [-0.4, -0.2) is 21.9 Å². The average Bonchev–Trinajstić information content (AvgIpc) is 3.01. The van der Waals surface area contributed by atoms with Crippen molar-refractivity contribution in [1.82, 2.24) is 15.2 Å². The maximum atomic E-state index is 12.2. The molecule has 3 aromatic carbocycles. The highest BCUT2D eigenvalue weighted by molar-refractivity contribution is 6.42. The number of hydrogen-bond donors (Lipinski definition) is 1. The smallest absolute Gasteiger partial charge is 0.261 e. The summed E-state index contributed by atoms with van der Waals surface area (Å²) < 4.78 is 1.66. The SMILES string of the molecule is Cc1cc(C)n(CC(=O)N/N=C/c2c3ccccc3c(Cl)c3ccccc23)n1. The van der Waals surface area contributed by atoms with Crippen LogP contribution in [0.4, 0.5) is 0 Å². The number of aryl methyl sites for hydroxylation is 2. The number of nitrogens with one attached hydrogen (secondary N) is 1. The molecule has 0 radical (unpaired) electrons. The summed E-state index contributed by atoms with van der Waals surface area (Å²) in [5, 5.41) is 13.1. The van der Waals surface area contributed by atoms with Crippen molar-refractivity contribution in [1.29, 1.82) is 0 Å². The van der Waals surface area contributed by atoms with E-state index in [1.54, 1.807) is 10.9 Å². The quantitative estimate of drug-likeness (QED) is 0.314. The lowest BCUT2D eigenvalue weighted by Crippen LogP contribution is -2.24. The molecular formula is C22H19ClN4O. The molecule has 0 saturated heterocycles. The molecular weight excluding hydrogens is 372 g/mol. The van der Waals surface area contributed by atoms with Crippen LogP contribution in [-0.2, 0) is 11.3 Å². The van der Waals surface area contributed by atoms with E-state index in [2.05, 4.69) is 15.6 Å². The molecule has 1 heterocycles. The van der Waals surface area contributed by atoms with E-state index >= 15 is 0 Å². The number of benzene rings is 3. The Labute approximate surface area is 167 Å². The maximum absolute atomic E-state index is 12.2. The number of aromatic nitrogens is 2. The van der Waals surface area contributed by atoms with Crippen LogP contribution in [0.2, 0.25) is 5.02 Å². The molecule has 4 rings (SSSR count). The van der Waals surface area contributed by atoms with E-state index in [9.17, 15) is 4.79 Å². The van der Waals surface area contributed by atoms with Gasteiger partial charge in [0, 0.05) is 22.0 Å². The monoisotopic (exact) mass is 390 g/mol. The molecule has 4 aromatic rings. The first-order valence-electron chi connectivity index (χ1n) is 8.96. The molecule has 0 fully saturated rings. The molecule has 6 heteroatoms. The van der Waals surface area contributed by atoms with Gasteiger partial charge >= 0.3 is 0 Å². The van der Waals surface area contributed by atoms with Crippen LogP contribution in [0, 0.1) is 13.8 Å². The molecule has 1 aromatic heterocycles. The summed E-state index contributed by atoms with van der Waals surface area (Å²) in [7, 11) is 0. The van der Waals surface area contributed by atoms with E-state index in [-0.39, 0.29) is 12.5 Å². The topological polar surface area (TPSA) is 59.3 Å². The molecule has 0 aliphatic carbocycles. The normalized spacial score (nSPS) is 11.5. The fraction of sp³-hybridized carbons (Fsp3) is 0.136. The minimum atomic E-state index is -0.231. The zero-order valence-corrected chi connectivity index (χ0v) is 16.4. The summed E-state index contributed by atoms with van der Waals surface area (Å²) >= 11 is 6.61. The van der Waals surface area contributed by atoms with Gasteiger partial charge in [-0.1, -0.05) is 60.1 Å². The van der Waals surface area contributed by atoms with Crippen molar-refractivity contribution in [2.45, 2.75) is 20.4 Å². The van der Waals surface area contributed by atoms with Crippen LogP contribution >= 0.6 is 11.6 Å². The minimum absolute atomic E-state index is 0.124. The van der Waals surface area contributed by atoms with Crippen LogP contribution in [0.5, 0.6) is 0 Å². The molecule has 140 valence electrons. The Hall–Kier alpha value is -3.18. The minimum Gasteiger partial charge on any atom is -0.271 e. The molecule has 0 saturated carbocycles. The molecule has 0 aliphatic rings. The van der Waals surface area contributed by atoms with Gasteiger partial charge in [0.05, 0.1) is 16.9 Å².